The van der Waals surface area contributed by atoms with E-state index in [1.54, 1.807) is 0 Å². The molecule has 0 atom stereocenters. The van der Waals surface area contributed by atoms with Gasteiger partial charge in [0.2, 0.25) is 0 Å². The van der Waals surface area contributed by atoms with E-state index in [9.17, 15) is 8.78 Å². The van der Waals surface area contributed by atoms with Crippen molar-refractivity contribution in [3.8, 4) is 0 Å². The predicted molar refractivity (Wildman–Crippen MR) is 114 cm³/mol. The van der Waals surface area contributed by atoms with Crippen LogP contribution in [-0.2, 0) is 24.6 Å². The van der Waals surface area contributed by atoms with Gasteiger partial charge in [-0.15, -0.1) is 0 Å². The van der Waals surface area contributed by atoms with E-state index in [1.807, 2.05) is 0 Å². The molecule has 0 radical (unpaired) electrons. The Bertz CT molecular complexity index is 698. The Kier molecular flexibility index (Phi) is 8.80. The van der Waals surface area contributed by atoms with Gasteiger partial charge in [0.05, 0.1) is 0 Å². The molecule has 2 aromatic carbocycles. The molecule has 11 heteroatoms. The molecule has 0 aliphatic carbocycles. The van der Waals surface area contributed by atoms with Crippen molar-refractivity contribution < 1.29 is 33.4 Å². The SMILES string of the molecule is Fc1c(Br)c(Br)[c]([Hg][c]2c(Br)c(Br)c(F)c(Br)c2Br)c(Br)c1Br. The van der Waals surface area contributed by atoms with Crippen LogP contribution in [0.3, 0.4) is 0 Å². The first-order valence-electron chi connectivity index (χ1n) is 5.60. The summed E-state index contributed by atoms with van der Waals surface area (Å²) in [7, 11) is 0. The van der Waals surface area contributed by atoms with E-state index >= 15 is 0 Å². The average molecular weight is 1020 g/mol. The first-order valence-corrected chi connectivity index (χ1v) is 17.4. The van der Waals surface area contributed by atoms with Crippen molar-refractivity contribution in [1.82, 2.24) is 0 Å². The van der Waals surface area contributed by atoms with Crippen molar-refractivity contribution in [2.75, 3.05) is 0 Å². The zero-order chi connectivity index (χ0) is 17.6. The van der Waals surface area contributed by atoms with Crippen LogP contribution in [0.15, 0.2) is 35.8 Å². The molecule has 23 heavy (non-hydrogen) atoms. The van der Waals surface area contributed by atoms with Gasteiger partial charge in [-0.05, 0) is 0 Å². The fraction of sp³-hybridized carbons (Fsp3) is 0. The predicted octanol–water partition coefficient (Wildman–Crippen LogP) is 8.10. The fourth-order valence-corrected chi connectivity index (χ4v) is 21.6. The molecule has 0 fully saturated rings. The van der Waals surface area contributed by atoms with Gasteiger partial charge in [-0.2, -0.15) is 0 Å². The minimum atomic E-state index is -2.02. The summed E-state index contributed by atoms with van der Waals surface area (Å²) >= 11 is 24.9. The quantitative estimate of drug-likeness (QED) is 0.162. The monoisotopic (exact) mass is 1020 g/mol. The number of hydrogen-bond acceptors (Lipinski definition) is 0. The molecule has 0 nitrogen and oxygen atoms in total. The van der Waals surface area contributed by atoms with Gasteiger partial charge < -0.3 is 0 Å². The van der Waals surface area contributed by atoms with E-state index in [2.05, 4.69) is 127 Å². The van der Waals surface area contributed by atoms with E-state index in [0.717, 1.165) is 6.14 Å². The van der Waals surface area contributed by atoms with E-state index in [0.29, 0.717) is 35.8 Å². The fourth-order valence-electron chi connectivity index (χ4n) is 1.79. The van der Waals surface area contributed by atoms with Gasteiger partial charge in [-0.1, -0.05) is 0 Å². The molecule has 0 unspecified atom stereocenters. The van der Waals surface area contributed by atoms with E-state index in [-0.39, 0.29) is 11.6 Å². The second-order valence-electron chi connectivity index (χ2n) is 4.27. The molecule has 0 aliphatic heterocycles. The second-order valence-corrected chi connectivity index (χ2v) is 17.5. The van der Waals surface area contributed by atoms with Crippen LogP contribution in [0.25, 0.3) is 0 Å². The first kappa shape index (κ1) is 22.4. The summed E-state index contributed by atoms with van der Waals surface area (Å²) in [6, 6.07) is 0. The summed E-state index contributed by atoms with van der Waals surface area (Å²) in [4.78, 5) is 0. The van der Waals surface area contributed by atoms with E-state index < -0.39 is 24.6 Å². The van der Waals surface area contributed by atoms with Crippen LogP contribution in [0.4, 0.5) is 8.78 Å². The van der Waals surface area contributed by atoms with Gasteiger partial charge >= 0.3 is 214 Å². The Morgan fingerprint density at radius 2 is 0.652 bits per heavy atom. The molecule has 0 aromatic heterocycles. The molecule has 0 heterocycles. The summed E-state index contributed by atoms with van der Waals surface area (Å²) in [5.74, 6) is -0.749. The Morgan fingerprint density at radius 3 is 0.870 bits per heavy atom. The molecule has 120 valence electrons. The molecule has 0 saturated carbocycles. The molecule has 0 aliphatic rings. The zero-order valence-corrected chi connectivity index (χ0v) is 28.7. The Hall–Kier alpha value is 3.08. The summed E-state index contributed by atoms with van der Waals surface area (Å²) in [6.45, 7) is 0. The molecule has 0 amide bonds. The van der Waals surface area contributed by atoms with Gasteiger partial charge in [0.25, 0.3) is 0 Å². The van der Waals surface area contributed by atoms with Crippen LogP contribution in [0.1, 0.15) is 0 Å². The van der Waals surface area contributed by atoms with Crippen molar-refractivity contribution in [2.45, 2.75) is 0 Å². The topological polar surface area (TPSA) is 0 Å². The third-order valence-electron chi connectivity index (χ3n) is 2.95. The van der Waals surface area contributed by atoms with Crippen LogP contribution >= 0.6 is 127 Å². The van der Waals surface area contributed by atoms with Crippen LogP contribution in [-0.4, -0.2) is 0 Å². The Balaban J connectivity index is 2.71. The summed E-state index contributed by atoms with van der Waals surface area (Å²) in [5, 5.41) is 0. The zero-order valence-electron chi connectivity index (χ0n) is 10.5. The molecule has 0 N–H and O–H groups in total. The molecular formula is C12Br8F2Hg. The maximum atomic E-state index is 14.1. The number of hydrogen-bond donors (Lipinski definition) is 0. The van der Waals surface area contributed by atoms with Crippen molar-refractivity contribution in [3.63, 3.8) is 0 Å². The van der Waals surface area contributed by atoms with E-state index in [4.69, 9.17) is 0 Å². The van der Waals surface area contributed by atoms with Crippen molar-refractivity contribution in [3.05, 3.63) is 47.4 Å². The van der Waals surface area contributed by atoms with Gasteiger partial charge in [0.1, 0.15) is 0 Å². The Labute approximate surface area is 210 Å². The average Bonchev–Trinajstić information content (AvgIpc) is 2.54. The normalized spacial score (nSPS) is 10.9. The van der Waals surface area contributed by atoms with Crippen molar-refractivity contribution in [2.24, 2.45) is 0 Å². The molecule has 2 rings (SSSR count). The third-order valence-corrected chi connectivity index (χ3v) is 27.9. The molecule has 0 bridgehead atoms. The minimum absolute atomic E-state index is 0.370. The van der Waals surface area contributed by atoms with Crippen LogP contribution in [0.5, 0.6) is 0 Å². The summed E-state index contributed by atoms with van der Waals surface area (Å²) in [5.41, 5.74) is 0. The summed E-state index contributed by atoms with van der Waals surface area (Å²) < 4.78 is 34.5. The first-order chi connectivity index (χ1) is 10.6. The summed E-state index contributed by atoms with van der Waals surface area (Å²) in [6.07, 6.45) is 0. The van der Waals surface area contributed by atoms with Crippen molar-refractivity contribution >= 4 is 134 Å². The van der Waals surface area contributed by atoms with Gasteiger partial charge in [-0.25, -0.2) is 0 Å². The number of halogens is 10. The van der Waals surface area contributed by atoms with Gasteiger partial charge in [0, 0.05) is 0 Å². The van der Waals surface area contributed by atoms with E-state index in [1.165, 1.54) is 0 Å². The van der Waals surface area contributed by atoms with Crippen molar-refractivity contribution in [1.29, 1.82) is 0 Å². The second kappa shape index (κ2) is 9.05. The standard InChI is InChI=1S/2C6Br4F.Hg/c2*7-2-1-3(8)5(10)6(11)4(2)9;. The van der Waals surface area contributed by atoms with Gasteiger partial charge in [-0.3, -0.25) is 0 Å². The number of benzene rings is 2. The Morgan fingerprint density at radius 1 is 0.435 bits per heavy atom. The van der Waals surface area contributed by atoms with Gasteiger partial charge in [0.15, 0.2) is 0 Å². The van der Waals surface area contributed by atoms with Crippen LogP contribution < -0.4 is 6.14 Å². The molecule has 2 aromatic rings. The number of rotatable bonds is 2. The third kappa shape index (κ3) is 4.40. The van der Waals surface area contributed by atoms with Crippen LogP contribution in [0.2, 0.25) is 0 Å². The van der Waals surface area contributed by atoms with Crippen LogP contribution in [0, 0.1) is 11.6 Å². The maximum absolute atomic E-state index is 14.1. The molecule has 0 saturated heterocycles. The molecular weight excluding hydrogens is 1020 g/mol. The molecule has 0 spiro atoms.